The Balaban J connectivity index is 1.70. The highest BCUT2D eigenvalue weighted by Crippen LogP contribution is 2.27. The van der Waals surface area contributed by atoms with Crippen LogP contribution in [0.5, 0.6) is 0 Å². The molecule has 17 heavy (non-hydrogen) atoms. The maximum Gasteiger partial charge on any atom is 0.00853 e. The predicted octanol–water partition coefficient (Wildman–Crippen LogP) is 4.22. The first-order valence-corrected chi connectivity index (χ1v) is 8.87. The highest BCUT2D eigenvalue weighted by Gasteiger charge is 2.21. The summed E-state index contributed by atoms with van der Waals surface area (Å²) in [4.78, 5) is 0. The van der Waals surface area contributed by atoms with E-state index in [0.29, 0.717) is 0 Å². The largest absolute Gasteiger partial charge is 0.311 e. The van der Waals surface area contributed by atoms with Crippen molar-refractivity contribution in [2.45, 2.75) is 76.8 Å². The number of rotatable bonds is 4. The molecule has 0 aromatic rings. The first kappa shape index (κ1) is 13.7. The Morgan fingerprint density at radius 2 is 1.71 bits per heavy atom. The van der Waals surface area contributed by atoms with E-state index in [1.54, 1.807) is 0 Å². The van der Waals surface area contributed by atoms with Gasteiger partial charge >= 0.3 is 0 Å². The quantitative estimate of drug-likeness (QED) is 0.755. The van der Waals surface area contributed by atoms with Gasteiger partial charge in [0.15, 0.2) is 0 Å². The van der Waals surface area contributed by atoms with Crippen LogP contribution in [0.15, 0.2) is 0 Å². The Morgan fingerprint density at radius 3 is 2.47 bits per heavy atom. The van der Waals surface area contributed by atoms with Gasteiger partial charge < -0.3 is 5.32 Å². The van der Waals surface area contributed by atoms with Gasteiger partial charge in [0.05, 0.1) is 0 Å². The van der Waals surface area contributed by atoms with Crippen molar-refractivity contribution in [1.29, 1.82) is 0 Å². The molecule has 0 amide bonds. The van der Waals surface area contributed by atoms with Crippen LogP contribution in [-0.2, 0) is 0 Å². The van der Waals surface area contributed by atoms with Crippen molar-refractivity contribution in [3.63, 3.8) is 0 Å². The monoisotopic (exact) mass is 255 g/mol. The van der Waals surface area contributed by atoms with Crippen LogP contribution in [0.2, 0.25) is 0 Å². The minimum absolute atomic E-state index is 0.837. The molecule has 2 atom stereocenters. The smallest absolute Gasteiger partial charge is 0.00853 e. The fraction of sp³-hybridized carbons (Fsp3) is 1.00. The number of hydrogen-bond donors (Lipinski definition) is 1. The third kappa shape index (κ3) is 4.82. The summed E-state index contributed by atoms with van der Waals surface area (Å²) in [7, 11) is 0. The lowest BCUT2D eigenvalue weighted by Crippen LogP contribution is -2.40. The van der Waals surface area contributed by atoms with E-state index in [9.17, 15) is 0 Å². The summed E-state index contributed by atoms with van der Waals surface area (Å²) >= 11 is 2.13. The molecule has 0 aromatic heterocycles. The molecule has 2 rings (SSSR count). The molecule has 2 heteroatoms. The third-order valence-electron chi connectivity index (χ3n) is 4.48. The summed E-state index contributed by atoms with van der Waals surface area (Å²) in [5.74, 6) is 3.79. The second kappa shape index (κ2) is 7.68. The summed E-state index contributed by atoms with van der Waals surface area (Å²) in [5.41, 5.74) is 0. The van der Waals surface area contributed by atoms with Crippen LogP contribution in [0.3, 0.4) is 0 Å². The average molecular weight is 255 g/mol. The molecule has 1 saturated heterocycles. The van der Waals surface area contributed by atoms with E-state index in [1.165, 1.54) is 69.3 Å². The fourth-order valence-corrected chi connectivity index (χ4v) is 4.55. The molecule has 2 aliphatic rings. The topological polar surface area (TPSA) is 12.0 Å². The van der Waals surface area contributed by atoms with E-state index >= 15 is 0 Å². The van der Waals surface area contributed by atoms with Crippen molar-refractivity contribution in [2.75, 3.05) is 11.5 Å². The lowest BCUT2D eigenvalue weighted by molar-refractivity contribution is 0.368. The van der Waals surface area contributed by atoms with Crippen LogP contribution in [0.4, 0.5) is 0 Å². The average Bonchev–Trinajstić information content (AvgIpc) is 2.57. The number of nitrogens with one attached hydrogen (secondary N) is 1. The third-order valence-corrected chi connectivity index (χ3v) is 5.53. The predicted molar refractivity (Wildman–Crippen MR) is 78.8 cm³/mol. The molecule has 2 unspecified atom stereocenters. The highest BCUT2D eigenvalue weighted by molar-refractivity contribution is 7.99. The molecule has 1 nitrogen and oxygen atoms in total. The van der Waals surface area contributed by atoms with Gasteiger partial charge in [-0.1, -0.05) is 32.6 Å². The second-order valence-corrected chi connectivity index (χ2v) is 7.14. The van der Waals surface area contributed by atoms with Gasteiger partial charge in [-0.05, 0) is 49.5 Å². The minimum Gasteiger partial charge on any atom is -0.311 e. The molecule has 1 N–H and O–H groups in total. The second-order valence-electron chi connectivity index (χ2n) is 5.91. The summed E-state index contributed by atoms with van der Waals surface area (Å²) in [6.07, 6.45) is 13.0. The van der Waals surface area contributed by atoms with Crippen LogP contribution in [0, 0.1) is 5.92 Å². The standard InChI is InChI=1S/C15H29NS/c1-2-4-13-5-3-6-14(8-7-13)16-15-9-11-17-12-10-15/h13-16H,2-12H2,1H3. The van der Waals surface area contributed by atoms with E-state index in [2.05, 4.69) is 24.0 Å². The Hall–Kier alpha value is 0.310. The van der Waals surface area contributed by atoms with Crippen LogP contribution in [0.1, 0.15) is 64.7 Å². The van der Waals surface area contributed by atoms with E-state index < -0.39 is 0 Å². The van der Waals surface area contributed by atoms with Crippen LogP contribution < -0.4 is 5.32 Å². The van der Waals surface area contributed by atoms with Gasteiger partial charge in [-0.3, -0.25) is 0 Å². The minimum atomic E-state index is 0.837. The Kier molecular flexibility index (Phi) is 6.21. The molecule has 1 saturated carbocycles. The van der Waals surface area contributed by atoms with Crippen LogP contribution in [0.25, 0.3) is 0 Å². The van der Waals surface area contributed by atoms with E-state index in [4.69, 9.17) is 0 Å². The number of thioether (sulfide) groups is 1. The first-order chi connectivity index (χ1) is 8.38. The van der Waals surface area contributed by atoms with Gasteiger partial charge in [0.1, 0.15) is 0 Å². The normalized spacial score (nSPS) is 32.3. The maximum absolute atomic E-state index is 3.95. The van der Waals surface area contributed by atoms with Gasteiger partial charge in [0.2, 0.25) is 0 Å². The molecular formula is C15H29NS. The molecular weight excluding hydrogens is 226 g/mol. The zero-order chi connectivity index (χ0) is 11.9. The van der Waals surface area contributed by atoms with Gasteiger partial charge in [-0.25, -0.2) is 0 Å². The molecule has 2 fully saturated rings. The fourth-order valence-electron chi connectivity index (χ4n) is 3.44. The molecule has 0 radical (unpaired) electrons. The van der Waals surface area contributed by atoms with E-state index in [0.717, 1.165) is 18.0 Å². The first-order valence-electron chi connectivity index (χ1n) is 7.72. The Bertz CT molecular complexity index is 201. The molecule has 0 aromatic carbocycles. The molecule has 1 aliphatic carbocycles. The van der Waals surface area contributed by atoms with Gasteiger partial charge in [-0.2, -0.15) is 11.8 Å². The van der Waals surface area contributed by atoms with Crippen LogP contribution in [-0.4, -0.2) is 23.6 Å². The summed E-state index contributed by atoms with van der Waals surface area (Å²) in [6.45, 7) is 2.33. The van der Waals surface area contributed by atoms with Gasteiger partial charge in [-0.15, -0.1) is 0 Å². The molecule has 1 heterocycles. The van der Waals surface area contributed by atoms with Crippen molar-refractivity contribution >= 4 is 11.8 Å². The highest BCUT2D eigenvalue weighted by atomic mass is 32.2. The Morgan fingerprint density at radius 1 is 0.941 bits per heavy atom. The molecule has 0 bridgehead atoms. The zero-order valence-corrected chi connectivity index (χ0v) is 12.2. The van der Waals surface area contributed by atoms with Crippen molar-refractivity contribution in [3.05, 3.63) is 0 Å². The SMILES string of the molecule is CCCC1CCCC(NC2CCSCC2)CC1. The zero-order valence-electron chi connectivity index (χ0n) is 11.4. The Labute approximate surface area is 112 Å². The number of hydrogen-bond acceptors (Lipinski definition) is 2. The van der Waals surface area contributed by atoms with E-state index in [1.807, 2.05) is 0 Å². The van der Waals surface area contributed by atoms with E-state index in [-0.39, 0.29) is 0 Å². The van der Waals surface area contributed by atoms with Gasteiger partial charge in [0.25, 0.3) is 0 Å². The van der Waals surface area contributed by atoms with Crippen molar-refractivity contribution in [2.24, 2.45) is 5.92 Å². The molecule has 100 valence electrons. The lowest BCUT2D eigenvalue weighted by atomic mass is 9.95. The molecule has 1 aliphatic heterocycles. The summed E-state index contributed by atoms with van der Waals surface area (Å²) in [5, 5.41) is 3.95. The van der Waals surface area contributed by atoms with Crippen molar-refractivity contribution in [1.82, 2.24) is 5.32 Å². The summed E-state index contributed by atoms with van der Waals surface area (Å²) < 4.78 is 0. The molecule has 0 spiro atoms. The summed E-state index contributed by atoms with van der Waals surface area (Å²) in [6, 6.07) is 1.67. The van der Waals surface area contributed by atoms with Crippen molar-refractivity contribution in [3.8, 4) is 0 Å². The van der Waals surface area contributed by atoms with Crippen molar-refractivity contribution < 1.29 is 0 Å². The maximum atomic E-state index is 3.95. The van der Waals surface area contributed by atoms with Gasteiger partial charge in [0, 0.05) is 12.1 Å². The lowest BCUT2D eigenvalue weighted by Gasteiger charge is -2.27. The van der Waals surface area contributed by atoms with Crippen LogP contribution >= 0.6 is 11.8 Å².